The summed E-state index contributed by atoms with van der Waals surface area (Å²) >= 11 is 0. The predicted molar refractivity (Wildman–Crippen MR) is 132 cm³/mol. The zero-order chi connectivity index (χ0) is 25.5. The van der Waals surface area contributed by atoms with Crippen LogP contribution in [0.15, 0.2) is 48.0 Å². The normalized spacial score (nSPS) is 23.6. The van der Waals surface area contributed by atoms with Gasteiger partial charge in [-0.3, -0.25) is 9.59 Å². The SMILES string of the molecule is CCCN1C(=O)[C@]2(C(=C(O)c3ccc(C)c(F)c3)C(=O)C(O)N2CCCN(C)C)c2ccccc21. The van der Waals surface area contributed by atoms with E-state index in [1.165, 1.54) is 17.0 Å². The van der Waals surface area contributed by atoms with Crippen LogP contribution in [-0.2, 0) is 15.1 Å². The lowest BCUT2D eigenvalue weighted by Gasteiger charge is -2.36. The van der Waals surface area contributed by atoms with Crippen LogP contribution in [0.1, 0.15) is 36.5 Å². The van der Waals surface area contributed by atoms with E-state index in [1.807, 2.05) is 38.1 Å². The van der Waals surface area contributed by atoms with Gasteiger partial charge in [0, 0.05) is 29.9 Å². The first-order chi connectivity index (χ1) is 16.7. The zero-order valence-electron chi connectivity index (χ0n) is 20.6. The molecule has 0 aromatic heterocycles. The molecule has 8 heteroatoms. The summed E-state index contributed by atoms with van der Waals surface area (Å²) in [7, 11) is 3.84. The van der Waals surface area contributed by atoms with Crippen molar-refractivity contribution in [2.45, 2.75) is 38.5 Å². The maximum absolute atomic E-state index is 14.4. The Morgan fingerprint density at radius 3 is 2.51 bits per heavy atom. The molecule has 1 amide bonds. The van der Waals surface area contributed by atoms with E-state index in [0.717, 1.165) is 6.07 Å². The fourth-order valence-electron chi connectivity index (χ4n) is 5.20. The van der Waals surface area contributed by atoms with Gasteiger partial charge >= 0.3 is 0 Å². The average molecular weight is 482 g/mol. The van der Waals surface area contributed by atoms with Crippen LogP contribution in [0.5, 0.6) is 0 Å². The molecule has 2 N–H and O–H groups in total. The molecular weight excluding hydrogens is 449 g/mol. The maximum Gasteiger partial charge on any atom is 0.257 e. The Labute approximate surface area is 205 Å². The predicted octanol–water partition coefficient (Wildman–Crippen LogP) is 3.21. The number of likely N-dealkylation sites (tertiary alicyclic amines) is 1. The van der Waals surface area contributed by atoms with E-state index in [-0.39, 0.29) is 17.7 Å². The minimum Gasteiger partial charge on any atom is -0.507 e. The topological polar surface area (TPSA) is 84.3 Å². The van der Waals surface area contributed by atoms with Crippen LogP contribution >= 0.6 is 0 Å². The number of aliphatic hydroxyl groups is 2. The molecule has 2 aromatic carbocycles. The Bertz CT molecular complexity index is 1190. The molecule has 2 aliphatic rings. The van der Waals surface area contributed by atoms with Gasteiger partial charge in [0.2, 0.25) is 5.78 Å². The summed E-state index contributed by atoms with van der Waals surface area (Å²) in [6.45, 7) is 4.88. The molecule has 0 aliphatic carbocycles. The number of carbonyl (C=O) groups is 2. The van der Waals surface area contributed by atoms with Gasteiger partial charge in [-0.2, -0.15) is 0 Å². The van der Waals surface area contributed by atoms with Gasteiger partial charge < -0.3 is 20.0 Å². The largest absolute Gasteiger partial charge is 0.507 e. The van der Waals surface area contributed by atoms with Gasteiger partial charge in [-0.15, -0.1) is 0 Å². The van der Waals surface area contributed by atoms with Crippen molar-refractivity contribution in [2.75, 3.05) is 38.6 Å². The molecule has 1 spiro atoms. The van der Waals surface area contributed by atoms with Crippen LogP contribution in [0.2, 0.25) is 0 Å². The Morgan fingerprint density at radius 2 is 1.86 bits per heavy atom. The quantitative estimate of drug-likeness (QED) is 0.467. The van der Waals surface area contributed by atoms with E-state index < -0.39 is 35.0 Å². The van der Waals surface area contributed by atoms with Crippen molar-refractivity contribution in [3.05, 3.63) is 70.5 Å². The van der Waals surface area contributed by atoms with E-state index in [1.54, 1.807) is 24.0 Å². The van der Waals surface area contributed by atoms with Gasteiger partial charge in [0.15, 0.2) is 11.8 Å². The number of fused-ring (bicyclic) bond motifs is 2. The first kappa shape index (κ1) is 25.0. The van der Waals surface area contributed by atoms with E-state index in [9.17, 15) is 24.2 Å². The highest BCUT2D eigenvalue weighted by molar-refractivity contribution is 6.21. The second-order valence-corrected chi connectivity index (χ2v) is 9.46. The molecule has 35 heavy (non-hydrogen) atoms. The average Bonchev–Trinajstić information content (AvgIpc) is 3.19. The molecule has 4 rings (SSSR count). The highest BCUT2D eigenvalue weighted by Gasteiger charge is 2.66. The summed E-state index contributed by atoms with van der Waals surface area (Å²) < 4.78 is 14.4. The zero-order valence-corrected chi connectivity index (χ0v) is 20.6. The lowest BCUT2D eigenvalue weighted by molar-refractivity contribution is -0.135. The molecule has 186 valence electrons. The van der Waals surface area contributed by atoms with Gasteiger partial charge in [-0.25, -0.2) is 9.29 Å². The molecule has 2 atom stereocenters. The van der Waals surface area contributed by atoms with Crippen LogP contribution in [0.4, 0.5) is 10.1 Å². The minimum absolute atomic E-state index is 0.0809. The van der Waals surface area contributed by atoms with E-state index in [2.05, 4.69) is 0 Å². The van der Waals surface area contributed by atoms with Crippen molar-refractivity contribution < 1.29 is 24.2 Å². The molecule has 0 radical (unpaired) electrons. The lowest BCUT2D eigenvalue weighted by Crippen LogP contribution is -2.53. The number of hydrogen-bond donors (Lipinski definition) is 2. The fourth-order valence-corrected chi connectivity index (χ4v) is 5.20. The van der Waals surface area contributed by atoms with Crippen LogP contribution in [-0.4, -0.2) is 71.7 Å². The molecule has 1 unspecified atom stereocenters. The van der Waals surface area contributed by atoms with Gasteiger partial charge in [-0.1, -0.05) is 37.3 Å². The standard InChI is InChI=1S/C27H32FN3O4/c1-5-13-30-21-10-7-6-9-19(21)27(26(30)35)22(23(32)18-12-11-17(2)20(28)16-18)24(33)25(34)31(27)15-8-14-29(3)4/h6-7,9-12,16,25,32,34H,5,8,13-15H2,1-4H3/t25?,27-/m1/s1. The van der Waals surface area contributed by atoms with Crippen molar-refractivity contribution in [3.8, 4) is 0 Å². The van der Waals surface area contributed by atoms with Crippen LogP contribution in [0, 0.1) is 12.7 Å². The number of halogens is 1. The Morgan fingerprint density at radius 1 is 1.14 bits per heavy atom. The number of rotatable bonds is 7. The monoisotopic (exact) mass is 481 g/mol. The van der Waals surface area contributed by atoms with Crippen LogP contribution < -0.4 is 4.90 Å². The van der Waals surface area contributed by atoms with Crippen molar-refractivity contribution >= 4 is 23.1 Å². The van der Waals surface area contributed by atoms with Crippen LogP contribution in [0.3, 0.4) is 0 Å². The Balaban J connectivity index is 2.00. The van der Waals surface area contributed by atoms with E-state index in [0.29, 0.717) is 42.7 Å². The molecule has 2 aliphatic heterocycles. The summed E-state index contributed by atoms with van der Waals surface area (Å²) in [4.78, 5) is 32.9. The Hall–Kier alpha value is -3.07. The smallest absolute Gasteiger partial charge is 0.257 e. The number of hydrogen-bond acceptors (Lipinski definition) is 6. The fraction of sp³-hybridized carbons (Fsp3) is 0.407. The number of amides is 1. The van der Waals surface area contributed by atoms with E-state index in [4.69, 9.17) is 0 Å². The van der Waals surface area contributed by atoms with Crippen LogP contribution in [0.25, 0.3) is 5.76 Å². The molecule has 1 fully saturated rings. The van der Waals surface area contributed by atoms with Gasteiger partial charge in [0.25, 0.3) is 5.91 Å². The third kappa shape index (κ3) is 3.86. The van der Waals surface area contributed by atoms with Crippen molar-refractivity contribution in [1.82, 2.24) is 9.80 Å². The third-order valence-corrected chi connectivity index (χ3v) is 6.84. The highest BCUT2D eigenvalue weighted by Crippen LogP contribution is 2.54. The number of ketones is 1. The number of anilines is 1. The second kappa shape index (κ2) is 9.53. The third-order valence-electron chi connectivity index (χ3n) is 6.84. The number of benzene rings is 2. The summed E-state index contributed by atoms with van der Waals surface area (Å²) in [6.07, 6.45) is -0.361. The van der Waals surface area contributed by atoms with Gasteiger partial charge in [-0.05, 0) is 58.1 Å². The molecule has 0 saturated carbocycles. The summed E-state index contributed by atoms with van der Waals surface area (Å²) in [5.41, 5.74) is -0.283. The number of aryl methyl sites for hydroxylation is 1. The summed E-state index contributed by atoms with van der Waals surface area (Å²) in [5.74, 6) is -2.19. The maximum atomic E-state index is 14.4. The molecule has 0 bridgehead atoms. The number of Topliss-reactive ketones (excluding diaryl/α,β-unsaturated/α-hetero) is 1. The van der Waals surface area contributed by atoms with Crippen molar-refractivity contribution in [1.29, 1.82) is 0 Å². The molecule has 7 nitrogen and oxygen atoms in total. The molecule has 2 aromatic rings. The van der Waals surface area contributed by atoms with Crippen molar-refractivity contribution in [2.24, 2.45) is 0 Å². The highest BCUT2D eigenvalue weighted by atomic mass is 19.1. The van der Waals surface area contributed by atoms with Crippen molar-refractivity contribution in [3.63, 3.8) is 0 Å². The van der Waals surface area contributed by atoms with E-state index >= 15 is 0 Å². The Kier molecular flexibility index (Phi) is 6.81. The minimum atomic E-state index is -1.71. The molecule has 1 saturated heterocycles. The number of para-hydroxylation sites is 1. The van der Waals surface area contributed by atoms with Gasteiger partial charge in [0.05, 0.1) is 5.57 Å². The number of aliphatic hydroxyl groups excluding tert-OH is 2. The summed E-state index contributed by atoms with van der Waals surface area (Å²) in [6, 6.07) is 11.3. The summed E-state index contributed by atoms with van der Waals surface area (Å²) in [5, 5.41) is 22.6. The molecule has 2 heterocycles. The lowest BCUT2D eigenvalue weighted by atomic mass is 9.81. The number of carbonyl (C=O) groups excluding carboxylic acids is 2. The first-order valence-electron chi connectivity index (χ1n) is 11.9. The number of nitrogens with zero attached hydrogens (tertiary/aromatic N) is 3. The molecular formula is C27H32FN3O4. The first-order valence-corrected chi connectivity index (χ1v) is 11.9. The second-order valence-electron chi connectivity index (χ2n) is 9.46. The van der Waals surface area contributed by atoms with Gasteiger partial charge in [0.1, 0.15) is 11.6 Å².